The smallest absolute Gasteiger partial charge is 0.252 e. The van der Waals surface area contributed by atoms with Gasteiger partial charge in [0.25, 0.3) is 5.91 Å². The molecule has 0 aliphatic rings. The first kappa shape index (κ1) is 19.2. The summed E-state index contributed by atoms with van der Waals surface area (Å²) in [5, 5.41) is 14.7. The largest absolute Gasteiger partial charge is 0.351 e. The lowest BCUT2D eigenvalue weighted by Crippen LogP contribution is -2.27. The van der Waals surface area contributed by atoms with Gasteiger partial charge in [-0.2, -0.15) is 0 Å². The van der Waals surface area contributed by atoms with Crippen molar-refractivity contribution >= 4 is 44.2 Å². The van der Waals surface area contributed by atoms with Crippen molar-refractivity contribution in [3.8, 4) is 10.6 Å². The molecule has 3 aromatic rings. The van der Waals surface area contributed by atoms with Crippen molar-refractivity contribution in [3.63, 3.8) is 0 Å². The van der Waals surface area contributed by atoms with Gasteiger partial charge >= 0.3 is 0 Å². The minimum atomic E-state index is -0.229. The van der Waals surface area contributed by atoms with Crippen LogP contribution in [0.1, 0.15) is 22.3 Å². The maximum absolute atomic E-state index is 12.1. The number of hydrogen-bond acceptors (Lipinski definition) is 5. The predicted octanol–water partition coefficient (Wildman–Crippen LogP) is 4.03. The van der Waals surface area contributed by atoms with E-state index >= 15 is 0 Å². The van der Waals surface area contributed by atoms with Crippen molar-refractivity contribution in [2.24, 2.45) is 0 Å². The molecule has 0 spiro atoms. The summed E-state index contributed by atoms with van der Waals surface area (Å²) in [6, 6.07) is 15.1. The molecule has 2 aromatic carbocycles. The molecule has 6 nitrogen and oxygen atoms in total. The fraction of sp³-hybridized carbons (Fsp3) is 0.158. The number of rotatable bonds is 6. The Morgan fingerprint density at radius 1 is 1.07 bits per heavy atom. The Bertz CT molecular complexity index is 956. The number of aromatic nitrogens is 2. The SMILES string of the molecule is Cc1ccc(-c2nnc(NC(=O)CCNC(=O)c3ccccc3Br)s2)cc1. The third-order valence-electron chi connectivity index (χ3n) is 3.73. The normalized spacial score (nSPS) is 10.4. The average molecular weight is 445 g/mol. The first-order valence-corrected chi connectivity index (χ1v) is 9.87. The highest BCUT2D eigenvalue weighted by Gasteiger charge is 2.12. The van der Waals surface area contributed by atoms with Crippen LogP contribution in [0.25, 0.3) is 10.6 Å². The van der Waals surface area contributed by atoms with Gasteiger partial charge in [0.1, 0.15) is 5.01 Å². The number of benzene rings is 2. The Balaban J connectivity index is 1.49. The maximum Gasteiger partial charge on any atom is 0.252 e. The van der Waals surface area contributed by atoms with Gasteiger partial charge in [-0.25, -0.2) is 0 Å². The number of nitrogens with zero attached hydrogens (tertiary/aromatic N) is 2. The van der Waals surface area contributed by atoms with Crippen LogP contribution in [0, 0.1) is 6.92 Å². The zero-order valence-electron chi connectivity index (χ0n) is 14.5. The third kappa shape index (κ3) is 5.21. The Morgan fingerprint density at radius 2 is 1.81 bits per heavy atom. The van der Waals surface area contributed by atoms with E-state index in [9.17, 15) is 9.59 Å². The number of carbonyl (C=O) groups excluding carboxylic acids is 2. The number of amides is 2. The summed E-state index contributed by atoms with van der Waals surface area (Å²) in [6.45, 7) is 2.25. The van der Waals surface area contributed by atoms with Crippen molar-refractivity contribution < 1.29 is 9.59 Å². The van der Waals surface area contributed by atoms with E-state index in [-0.39, 0.29) is 24.8 Å². The fourth-order valence-electron chi connectivity index (χ4n) is 2.30. The summed E-state index contributed by atoms with van der Waals surface area (Å²) in [6.07, 6.45) is 0.148. The molecule has 27 heavy (non-hydrogen) atoms. The molecule has 0 bridgehead atoms. The summed E-state index contributed by atoms with van der Waals surface area (Å²) in [5.41, 5.74) is 2.66. The quantitative estimate of drug-likeness (QED) is 0.600. The summed E-state index contributed by atoms with van der Waals surface area (Å²) < 4.78 is 0.712. The minimum Gasteiger partial charge on any atom is -0.351 e. The second-order valence-corrected chi connectivity index (χ2v) is 7.64. The van der Waals surface area contributed by atoms with Crippen molar-refractivity contribution in [3.05, 3.63) is 64.1 Å². The van der Waals surface area contributed by atoms with Crippen molar-refractivity contribution in [2.75, 3.05) is 11.9 Å². The van der Waals surface area contributed by atoms with Crippen molar-refractivity contribution in [1.82, 2.24) is 15.5 Å². The Morgan fingerprint density at radius 3 is 2.56 bits per heavy atom. The van der Waals surface area contributed by atoms with Gasteiger partial charge in [-0.3, -0.25) is 9.59 Å². The Labute approximate surface area is 169 Å². The summed E-state index contributed by atoms with van der Waals surface area (Å²) >= 11 is 4.64. The molecular weight excluding hydrogens is 428 g/mol. The third-order valence-corrected chi connectivity index (χ3v) is 5.31. The van der Waals surface area contributed by atoms with Gasteiger partial charge in [0.15, 0.2) is 0 Å². The van der Waals surface area contributed by atoms with Gasteiger partial charge in [-0.1, -0.05) is 53.3 Å². The molecule has 1 heterocycles. The molecule has 0 aliphatic heterocycles. The standard InChI is InChI=1S/C19H17BrN4O2S/c1-12-6-8-13(9-7-12)18-23-24-19(27-18)22-16(25)10-11-21-17(26)14-4-2-3-5-15(14)20/h2-9H,10-11H2,1H3,(H,21,26)(H,22,24,25). The molecule has 2 amide bonds. The molecule has 0 fully saturated rings. The van der Waals surface area contributed by atoms with E-state index in [1.807, 2.05) is 37.3 Å². The van der Waals surface area contributed by atoms with Crippen LogP contribution in [0.4, 0.5) is 5.13 Å². The van der Waals surface area contributed by atoms with Gasteiger partial charge in [-0.05, 0) is 35.0 Å². The molecule has 1 aromatic heterocycles. The second kappa shape index (κ2) is 8.88. The zero-order chi connectivity index (χ0) is 19.2. The van der Waals surface area contributed by atoms with Crippen LogP contribution in [-0.2, 0) is 4.79 Å². The molecule has 0 saturated carbocycles. The summed E-state index contributed by atoms with van der Waals surface area (Å²) in [4.78, 5) is 24.2. The van der Waals surface area contributed by atoms with E-state index in [4.69, 9.17) is 0 Å². The molecule has 0 unspecified atom stereocenters. The monoisotopic (exact) mass is 444 g/mol. The van der Waals surface area contributed by atoms with Gasteiger partial charge in [0, 0.05) is 23.0 Å². The van der Waals surface area contributed by atoms with Crippen LogP contribution >= 0.6 is 27.3 Å². The minimum absolute atomic E-state index is 0.148. The highest BCUT2D eigenvalue weighted by molar-refractivity contribution is 9.10. The van der Waals surface area contributed by atoms with Crippen LogP contribution in [0.15, 0.2) is 53.0 Å². The molecule has 0 saturated heterocycles. The molecular formula is C19H17BrN4O2S. The number of aryl methyl sites for hydroxylation is 1. The first-order valence-electron chi connectivity index (χ1n) is 8.26. The zero-order valence-corrected chi connectivity index (χ0v) is 16.9. The van der Waals surface area contributed by atoms with E-state index < -0.39 is 0 Å². The van der Waals surface area contributed by atoms with Gasteiger partial charge in [0.05, 0.1) is 5.56 Å². The lowest BCUT2D eigenvalue weighted by atomic mass is 10.2. The van der Waals surface area contributed by atoms with Gasteiger partial charge in [0.2, 0.25) is 11.0 Å². The van der Waals surface area contributed by atoms with Gasteiger partial charge in [-0.15, -0.1) is 10.2 Å². The van der Waals surface area contributed by atoms with Crippen LogP contribution in [-0.4, -0.2) is 28.6 Å². The molecule has 8 heteroatoms. The van der Waals surface area contributed by atoms with E-state index in [0.717, 1.165) is 10.6 Å². The molecule has 0 aliphatic carbocycles. The molecule has 3 rings (SSSR count). The molecule has 0 atom stereocenters. The highest BCUT2D eigenvalue weighted by Crippen LogP contribution is 2.26. The first-order chi connectivity index (χ1) is 13.0. The lowest BCUT2D eigenvalue weighted by molar-refractivity contribution is -0.116. The number of carbonyl (C=O) groups is 2. The van der Waals surface area contributed by atoms with E-state index in [2.05, 4.69) is 36.8 Å². The van der Waals surface area contributed by atoms with E-state index in [1.54, 1.807) is 18.2 Å². The topological polar surface area (TPSA) is 84.0 Å². The fourth-order valence-corrected chi connectivity index (χ4v) is 3.53. The lowest BCUT2D eigenvalue weighted by Gasteiger charge is -2.06. The van der Waals surface area contributed by atoms with E-state index in [1.165, 1.54) is 16.9 Å². The Hall–Kier alpha value is -2.58. The van der Waals surface area contributed by atoms with Crippen LogP contribution in [0.3, 0.4) is 0 Å². The molecule has 138 valence electrons. The van der Waals surface area contributed by atoms with Crippen LogP contribution in [0.5, 0.6) is 0 Å². The number of nitrogens with one attached hydrogen (secondary N) is 2. The predicted molar refractivity (Wildman–Crippen MR) is 110 cm³/mol. The Kier molecular flexibility index (Phi) is 6.31. The highest BCUT2D eigenvalue weighted by atomic mass is 79.9. The number of anilines is 1. The van der Waals surface area contributed by atoms with Crippen LogP contribution < -0.4 is 10.6 Å². The van der Waals surface area contributed by atoms with Gasteiger partial charge < -0.3 is 10.6 Å². The second-order valence-electron chi connectivity index (χ2n) is 5.81. The summed E-state index contributed by atoms with van der Waals surface area (Å²) in [5.74, 6) is -0.457. The van der Waals surface area contributed by atoms with Crippen LogP contribution in [0.2, 0.25) is 0 Å². The number of hydrogen-bond donors (Lipinski definition) is 2. The summed E-state index contributed by atoms with van der Waals surface area (Å²) in [7, 11) is 0. The van der Waals surface area contributed by atoms with E-state index in [0.29, 0.717) is 15.2 Å². The average Bonchev–Trinajstić information content (AvgIpc) is 3.11. The molecule has 0 radical (unpaired) electrons. The van der Waals surface area contributed by atoms with Crippen molar-refractivity contribution in [2.45, 2.75) is 13.3 Å². The number of halogens is 1. The maximum atomic E-state index is 12.1. The van der Waals surface area contributed by atoms with Crippen molar-refractivity contribution in [1.29, 1.82) is 0 Å². The molecule has 2 N–H and O–H groups in total.